The highest BCUT2D eigenvalue weighted by atomic mass is 16.6. The van der Waals surface area contributed by atoms with Crippen LogP contribution in [0.4, 0.5) is 11.4 Å². The van der Waals surface area contributed by atoms with E-state index in [0.717, 1.165) is 11.1 Å². The average molecular weight is 444 g/mol. The van der Waals surface area contributed by atoms with Crippen LogP contribution in [-0.2, 0) is 11.3 Å². The topological polar surface area (TPSA) is 130 Å². The third kappa shape index (κ3) is 4.26. The fourth-order valence-electron chi connectivity index (χ4n) is 3.42. The number of fused-ring (bicyclic) bond motifs is 2. The van der Waals surface area contributed by atoms with Gasteiger partial charge < -0.3 is 25.2 Å². The van der Waals surface area contributed by atoms with Gasteiger partial charge in [0.1, 0.15) is 23.3 Å². The van der Waals surface area contributed by atoms with Gasteiger partial charge in [-0.3, -0.25) is 9.59 Å². The highest BCUT2D eigenvalue weighted by Crippen LogP contribution is 2.28. The molecule has 0 bridgehead atoms. The van der Waals surface area contributed by atoms with E-state index in [1.54, 1.807) is 18.3 Å². The first kappa shape index (κ1) is 20.3. The van der Waals surface area contributed by atoms with Crippen LogP contribution in [0.2, 0.25) is 0 Å². The minimum atomic E-state index is -0.367. The van der Waals surface area contributed by atoms with Crippen LogP contribution in [0.1, 0.15) is 21.6 Å². The second-order valence-electron chi connectivity index (χ2n) is 7.52. The van der Waals surface area contributed by atoms with Crippen LogP contribution in [0, 0.1) is 6.92 Å². The van der Waals surface area contributed by atoms with Gasteiger partial charge in [-0.15, -0.1) is 0 Å². The van der Waals surface area contributed by atoms with E-state index in [4.69, 9.17) is 9.57 Å². The van der Waals surface area contributed by atoms with Crippen LogP contribution in [0.15, 0.2) is 55.0 Å². The van der Waals surface area contributed by atoms with Gasteiger partial charge in [-0.25, -0.2) is 15.4 Å². The average Bonchev–Trinajstić information content (AvgIpc) is 3.25. The molecule has 166 valence electrons. The molecule has 0 radical (unpaired) electrons. The van der Waals surface area contributed by atoms with Crippen molar-refractivity contribution in [3.05, 3.63) is 71.8 Å². The Morgan fingerprint density at radius 3 is 2.88 bits per heavy atom. The van der Waals surface area contributed by atoms with Crippen molar-refractivity contribution < 1.29 is 19.2 Å². The summed E-state index contributed by atoms with van der Waals surface area (Å²) in [6.07, 6.45) is 2.99. The quantitative estimate of drug-likeness (QED) is 0.336. The van der Waals surface area contributed by atoms with Gasteiger partial charge in [0.15, 0.2) is 18.1 Å². The lowest BCUT2D eigenvalue weighted by molar-refractivity contribution is -0.118. The van der Waals surface area contributed by atoms with Crippen LogP contribution in [-0.4, -0.2) is 33.4 Å². The zero-order valence-corrected chi connectivity index (χ0v) is 17.6. The number of ether oxygens (including phenoxy) is 1. The summed E-state index contributed by atoms with van der Waals surface area (Å²) in [7, 11) is 0. The summed E-state index contributed by atoms with van der Waals surface area (Å²) in [4.78, 5) is 41.4. The Balaban J connectivity index is 1.28. The molecule has 4 N–H and O–H groups in total. The third-order valence-corrected chi connectivity index (χ3v) is 5.11. The molecule has 10 nitrogen and oxygen atoms in total. The minimum Gasteiger partial charge on any atom is -0.482 e. The number of aromatic nitrogens is 3. The van der Waals surface area contributed by atoms with Gasteiger partial charge in [0.25, 0.3) is 11.8 Å². The molecule has 0 aliphatic carbocycles. The summed E-state index contributed by atoms with van der Waals surface area (Å²) in [6.45, 7) is 2.24. The molecule has 2 amide bonds. The molecule has 0 saturated carbocycles. The van der Waals surface area contributed by atoms with E-state index in [1.165, 1.54) is 6.33 Å². The van der Waals surface area contributed by atoms with Crippen LogP contribution < -0.4 is 25.7 Å². The molecule has 2 aromatic heterocycles. The highest BCUT2D eigenvalue weighted by molar-refractivity contribution is 6.05. The number of aryl methyl sites for hydroxylation is 1. The van der Waals surface area contributed by atoms with Crippen molar-refractivity contribution in [1.82, 2.24) is 20.3 Å². The predicted octanol–water partition coefficient (Wildman–Crippen LogP) is 2.93. The van der Waals surface area contributed by atoms with E-state index in [1.807, 2.05) is 37.3 Å². The first-order chi connectivity index (χ1) is 16.1. The number of carbonyl (C=O) groups excluding carboxylic acids is 2. The molecule has 0 saturated heterocycles. The van der Waals surface area contributed by atoms with Gasteiger partial charge in [0.2, 0.25) is 0 Å². The lowest BCUT2D eigenvalue weighted by atomic mass is 10.1. The largest absolute Gasteiger partial charge is 0.482 e. The number of benzene rings is 2. The molecule has 3 heterocycles. The van der Waals surface area contributed by atoms with Gasteiger partial charge in [0.05, 0.1) is 11.2 Å². The summed E-state index contributed by atoms with van der Waals surface area (Å²) < 4.78 is 5.35. The molecule has 1 aliphatic rings. The molecule has 2 aromatic carbocycles. The van der Waals surface area contributed by atoms with Gasteiger partial charge in [-0.05, 0) is 36.8 Å². The van der Waals surface area contributed by atoms with Gasteiger partial charge >= 0.3 is 0 Å². The first-order valence-corrected chi connectivity index (χ1v) is 10.2. The zero-order valence-electron chi connectivity index (χ0n) is 17.6. The Kier molecular flexibility index (Phi) is 5.23. The summed E-state index contributed by atoms with van der Waals surface area (Å²) in [5, 5.41) is 5.60. The fraction of sp³-hybridized carbons (Fsp3) is 0.130. The molecule has 0 fully saturated rings. The summed E-state index contributed by atoms with van der Waals surface area (Å²) in [5.74, 6) is 0.665. The van der Waals surface area contributed by atoms with Crippen LogP contribution >= 0.6 is 0 Å². The number of aromatic amines is 1. The number of rotatable bonds is 6. The first-order valence-electron chi connectivity index (χ1n) is 10.2. The Hall–Kier alpha value is -4.60. The molecule has 4 aromatic rings. The van der Waals surface area contributed by atoms with Crippen molar-refractivity contribution in [3.63, 3.8) is 0 Å². The number of H-pyrrole nitrogens is 1. The normalized spacial score (nSPS) is 12.5. The van der Waals surface area contributed by atoms with E-state index in [2.05, 4.69) is 31.1 Å². The van der Waals surface area contributed by atoms with Gasteiger partial charge in [-0.2, -0.15) is 0 Å². The van der Waals surface area contributed by atoms with Crippen LogP contribution in [0.3, 0.4) is 0 Å². The molecule has 0 atom stereocenters. The van der Waals surface area contributed by atoms with E-state index in [0.29, 0.717) is 33.9 Å². The van der Waals surface area contributed by atoms with Crippen LogP contribution in [0.5, 0.6) is 11.5 Å². The monoisotopic (exact) mass is 444 g/mol. The fourth-order valence-corrected chi connectivity index (χ4v) is 3.42. The zero-order chi connectivity index (χ0) is 22.8. The van der Waals surface area contributed by atoms with E-state index in [-0.39, 0.29) is 30.7 Å². The summed E-state index contributed by atoms with van der Waals surface area (Å²) in [5.41, 5.74) is 7.16. The van der Waals surface area contributed by atoms with E-state index in [9.17, 15) is 9.59 Å². The SMILES string of the molecule is Cc1ccc(ONc2c[nH]c3c(C(=O)NCc4ccc5c(c4)NC(=O)CO5)ncnc23)cc1. The van der Waals surface area contributed by atoms with Crippen molar-refractivity contribution in [2.24, 2.45) is 0 Å². The second kappa shape index (κ2) is 8.50. The number of nitrogens with zero attached hydrogens (tertiary/aromatic N) is 2. The number of hydrogen-bond donors (Lipinski definition) is 4. The molecular weight excluding hydrogens is 424 g/mol. The Morgan fingerprint density at radius 1 is 1.18 bits per heavy atom. The number of anilines is 2. The lowest BCUT2D eigenvalue weighted by Gasteiger charge is -2.18. The maximum Gasteiger partial charge on any atom is 0.272 e. The van der Waals surface area contributed by atoms with Crippen molar-refractivity contribution in [2.45, 2.75) is 13.5 Å². The van der Waals surface area contributed by atoms with Gasteiger partial charge in [-0.1, -0.05) is 23.8 Å². The molecule has 0 spiro atoms. The molecule has 33 heavy (non-hydrogen) atoms. The minimum absolute atomic E-state index is 0.00412. The summed E-state index contributed by atoms with van der Waals surface area (Å²) in [6, 6.07) is 12.9. The number of nitrogens with one attached hydrogen (secondary N) is 4. The Bertz CT molecular complexity index is 1350. The second-order valence-corrected chi connectivity index (χ2v) is 7.52. The third-order valence-electron chi connectivity index (χ3n) is 5.11. The standard InChI is InChI=1S/C23H20N6O4/c1-13-2-5-15(6-3-13)33-29-17-10-24-21-20(17)26-12-27-22(21)23(31)25-9-14-4-7-18-16(8-14)28-19(30)11-32-18/h2-8,10,12,24,29H,9,11H2,1H3,(H,25,31)(H,28,30). The lowest BCUT2D eigenvalue weighted by Crippen LogP contribution is -2.26. The Labute approximate surface area is 188 Å². The maximum absolute atomic E-state index is 12.8. The van der Waals surface area contributed by atoms with Crippen molar-refractivity contribution in [2.75, 3.05) is 17.4 Å². The number of hydrogen-bond acceptors (Lipinski definition) is 7. The van der Waals surface area contributed by atoms with Crippen LogP contribution in [0.25, 0.3) is 11.0 Å². The molecule has 5 rings (SSSR count). The Morgan fingerprint density at radius 2 is 2.03 bits per heavy atom. The number of amides is 2. The highest BCUT2D eigenvalue weighted by Gasteiger charge is 2.18. The van der Waals surface area contributed by atoms with Crippen molar-refractivity contribution in [3.8, 4) is 11.5 Å². The van der Waals surface area contributed by atoms with E-state index < -0.39 is 0 Å². The molecule has 10 heteroatoms. The summed E-state index contributed by atoms with van der Waals surface area (Å²) >= 11 is 0. The van der Waals surface area contributed by atoms with Crippen molar-refractivity contribution in [1.29, 1.82) is 0 Å². The molecule has 1 aliphatic heterocycles. The predicted molar refractivity (Wildman–Crippen MR) is 121 cm³/mol. The number of carbonyl (C=O) groups is 2. The van der Waals surface area contributed by atoms with Crippen molar-refractivity contribution >= 4 is 34.2 Å². The van der Waals surface area contributed by atoms with Gasteiger partial charge in [0, 0.05) is 12.7 Å². The smallest absolute Gasteiger partial charge is 0.272 e. The molecule has 0 unspecified atom stereocenters. The maximum atomic E-state index is 12.8. The van der Waals surface area contributed by atoms with E-state index >= 15 is 0 Å². The molecular formula is C23H20N6O4.